The summed E-state index contributed by atoms with van der Waals surface area (Å²) in [4.78, 5) is 5.17. The maximum absolute atomic E-state index is 8.05. The first-order chi connectivity index (χ1) is 5.68. The van der Waals surface area contributed by atoms with Crippen molar-refractivity contribution in [2.75, 3.05) is 13.1 Å². The van der Waals surface area contributed by atoms with Crippen molar-refractivity contribution in [2.45, 2.75) is 18.9 Å². The van der Waals surface area contributed by atoms with Crippen molar-refractivity contribution in [1.82, 2.24) is 0 Å². The predicted octanol–water partition coefficient (Wildman–Crippen LogP) is 1.71. The molecule has 7 heteroatoms. The molecule has 66 valence electrons. The van der Waals surface area contributed by atoms with Crippen molar-refractivity contribution in [3.05, 3.63) is 20.9 Å². The summed E-state index contributed by atoms with van der Waals surface area (Å²) >= 11 is 0. The molecule has 0 aromatic rings. The van der Waals surface area contributed by atoms with Gasteiger partial charge in [0.2, 0.25) is 0 Å². The van der Waals surface area contributed by atoms with Crippen LogP contribution in [0.1, 0.15) is 13.3 Å². The minimum absolute atomic E-state index is 0.152. The van der Waals surface area contributed by atoms with Crippen LogP contribution in [0, 0.1) is 0 Å². The first-order valence-electron chi connectivity index (χ1n) is 3.49. The lowest BCUT2D eigenvalue weighted by Gasteiger charge is -2.23. The van der Waals surface area contributed by atoms with Crippen LogP contribution in [0.4, 0.5) is 0 Å². The Labute approximate surface area is 69.8 Å². The Bertz CT molecular complexity index is 202. The molecule has 0 aromatic carbocycles. The molecule has 0 aliphatic heterocycles. The van der Waals surface area contributed by atoms with E-state index in [9.17, 15) is 0 Å². The summed E-state index contributed by atoms with van der Waals surface area (Å²) in [5, 5.41) is 6.68. The first-order valence-corrected chi connectivity index (χ1v) is 3.49. The van der Waals surface area contributed by atoms with Crippen LogP contribution < -0.4 is 5.73 Å². The third-order valence-electron chi connectivity index (χ3n) is 1.60. The fourth-order valence-electron chi connectivity index (χ4n) is 0.619. The van der Waals surface area contributed by atoms with E-state index in [-0.39, 0.29) is 13.1 Å². The largest absolute Gasteiger partial charge is 0.325 e. The quantitative estimate of drug-likeness (QED) is 0.375. The zero-order chi connectivity index (χ0) is 9.45. The molecule has 0 aromatic heterocycles. The van der Waals surface area contributed by atoms with Gasteiger partial charge in [-0.15, -0.1) is 0 Å². The van der Waals surface area contributed by atoms with Gasteiger partial charge in [-0.3, -0.25) is 0 Å². The van der Waals surface area contributed by atoms with E-state index in [0.29, 0.717) is 6.42 Å². The van der Waals surface area contributed by atoms with Gasteiger partial charge in [0.25, 0.3) is 0 Å². The molecule has 0 heterocycles. The van der Waals surface area contributed by atoms with Gasteiger partial charge < -0.3 is 5.73 Å². The molecule has 12 heavy (non-hydrogen) atoms. The fourth-order valence-corrected chi connectivity index (χ4v) is 0.619. The Morgan fingerprint density at radius 3 is 1.92 bits per heavy atom. The molecule has 2 N–H and O–H groups in total. The summed E-state index contributed by atoms with van der Waals surface area (Å²) in [6.45, 7) is 2.15. The average Bonchev–Trinajstić information content (AvgIpc) is 2.11. The van der Waals surface area contributed by atoms with Crippen LogP contribution in [0.5, 0.6) is 0 Å². The van der Waals surface area contributed by atoms with Crippen molar-refractivity contribution in [3.8, 4) is 0 Å². The molecular formula is C5H11N7. The molecule has 0 spiro atoms. The van der Waals surface area contributed by atoms with Gasteiger partial charge in [-0.05, 0) is 17.5 Å². The number of hydrogen-bond acceptors (Lipinski definition) is 3. The van der Waals surface area contributed by atoms with E-state index in [0.717, 1.165) is 0 Å². The van der Waals surface area contributed by atoms with Crippen LogP contribution in [0.25, 0.3) is 20.9 Å². The molecule has 0 aliphatic rings. The molecule has 0 rings (SSSR count). The van der Waals surface area contributed by atoms with E-state index in [1.165, 1.54) is 0 Å². The number of rotatable bonds is 5. The van der Waals surface area contributed by atoms with E-state index >= 15 is 0 Å². The summed E-state index contributed by atoms with van der Waals surface area (Å²) in [5.41, 5.74) is 21.1. The van der Waals surface area contributed by atoms with E-state index in [4.69, 9.17) is 16.8 Å². The van der Waals surface area contributed by atoms with Crippen LogP contribution in [-0.4, -0.2) is 18.6 Å². The van der Waals surface area contributed by atoms with Gasteiger partial charge in [0.05, 0.1) is 0 Å². The van der Waals surface area contributed by atoms with Gasteiger partial charge in [-0.2, -0.15) is 0 Å². The second-order valence-electron chi connectivity index (χ2n) is 2.49. The fraction of sp³-hybridized carbons (Fsp3) is 1.00. The number of hydrogen-bond donors (Lipinski definition) is 1. The second kappa shape index (κ2) is 5.26. The topological polar surface area (TPSA) is 124 Å². The Kier molecular flexibility index (Phi) is 4.64. The Hall–Kier alpha value is -1.42. The maximum Gasteiger partial charge on any atom is 0.0439 e. The molecule has 7 nitrogen and oxygen atoms in total. The highest BCUT2D eigenvalue weighted by Gasteiger charge is 2.20. The monoisotopic (exact) mass is 169 g/mol. The lowest BCUT2D eigenvalue weighted by Crippen LogP contribution is -2.45. The SMILES string of the molecule is CCC(N)(CN=[N+]=[N-])CN=[N+]=[N-]. The molecule has 0 unspecified atom stereocenters. The summed E-state index contributed by atoms with van der Waals surface area (Å²) < 4.78 is 0. The van der Waals surface area contributed by atoms with Gasteiger partial charge in [0.15, 0.2) is 0 Å². The smallest absolute Gasteiger partial charge is 0.0439 e. The van der Waals surface area contributed by atoms with Gasteiger partial charge in [0, 0.05) is 28.5 Å². The highest BCUT2D eigenvalue weighted by molar-refractivity contribution is 4.87. The normalized spacial score (nSPS) is 13.8. The molecule has 0 saturated heterocycles. The molecule has 0 saturated carbocycles. The van der Waals surface area contributed by atoms with Crippen molar-refractivity contribution in [3.63, 3.8) is 0 Å². The summed E-state index contributed by atoms with van der Waals surface area (Å²) in [6, 6.07) is 0. The third-order valence-corrected chi connectivity index (χ3v) is 1.60. The van der Waals surface area contributed by atoms with E-state index < -0.39 is 5.54 Å². The summed E-state index contributed by atoms with van der Waals surface area (Å²) in [7, 11) is 0. The minimum atomic E-state index is -0.696. The molecule has 0 fully saturated rings. The average molecular weight is 169 g/mol. The van der Waals surface area contributed by atoms with E-state index in [2.05, 4.69) is 20.1 Å². The molecule has 0 aliphatic carbocycles. The van der Waals surface area contributed by atoms with Crippen LogP contribution in [0.2, 0.25) is 0 Å². The first kappa shape index (κ1) is 10.6. The zero-order valence-electron chi connectivity index (χ0n) is 6.88. The van der Waals surface area contributed by atoms with E-state index in [1.807, 2.05) is 6.92 Å². The lowest BCUT2D eigenvalue weighted by molar-refractivity contribution is 0.431. The number of nitrogens with two attached hydrogens (primary N) is 1. The van der Waals surface area contributed by atoms with Gasteiger partial charge in [-0.25, -0.2) is 0 Å². The molecule has 0 radical (unpaired) electrons. The molecular weight excluding hydrogens is 158 g/mol. The molecule has 0 bridgehead atoms. The lowest BCUT2D eigenvalue weighted by atomic mass is 9.98. The standard InChI is InChI=1S/C5H11N7/c1-2-5(6,3-9-11-7)4-10-12-8/h2-4,6H2,1H3. The van der Waals surface area contributed by atoms with Crippen molar-refractivity contribution < 1.29 is 0 Å². The van der Waals surface area contributed by atoms with Crippen molar-refractivity contribution >= 4 is 0 Å². The van der Waals surface area contributed by atoms with Crippen LogP contribution in [0.15, 0.2) is 10.2 Å². The molecule has 0 atom stereocenters. The van der Waals surface area contributed by atoms with Crippen LogP contribution >= 0.6 is 0 Å². The van der Waals surface area contributed by atoms with Crippen molar-refractivity contribution in [2.24, 2.45) is 16.0 Å². The van der Waals surface area contributed by atoms with Crippen molar-refractivity contribution in [1.29, 1.82) is 0 Å². The van der Waals surface area contributed by atoms with Gasteiger partial charge >= 0.3 is 0 Å². The van der Waals surface area contributed by atoms with Crippen LogP contribution in [0.3, 0.4) is 0 Å². The summed E-state index contributed by atoms with van der Waals surface area (Å²) in [5.74, 6) is 0. The zero-order valence-corrected chi connectivity index (χ0v) is 6.88. The molecule has 0 amide bonds. The maximum atomic E-state index is 8.05. The second-order valence-corrected chi connectivity index (χ2v) is 2.49. The number of azide groups is 2. The Morgan fingerprint density at radius 1 is 1.25 bits per heavy atom. The highest BCUT2D eigenvalue weighted by Crippen LogP contribution is 2.07. The summed E-state index contributed by atoms with van der Waals surface area (Å²) in [6.07, 6.45) is 0.602. The predicted molar refractivity (Wildman–Crippen MR) is 45.2 cm³/mol. The Balaban J connectivity index is 4.21. The van der Waals surface area contributed by atoms with E-state index in [1.54, 1.807) is 0 Å². The Morgan fingerprint density at radius 2 is 1.67 bits per heavy atom. The third kappa shape index (κ3) is 3.68. The number of nitrogens with zero attached hydrogens (tertiary/aromatic N) is 6. The van der Waals surface area contributed by atoms with Crippen LogP contribution in [-0.2, 0) is 0 Å². The van der Waals surface area contributed by atoms with Gasteiger partial charge in [0.1, 0.15) is 0 Å². The highest BCUT2D eigenvalue weighted by atomic mass is 15.2. The minimum Gasteiger partial charge on any atom is -0.325 e. The van der Waals surface area contributed by atoms with Gasteiger partial charge in [-0.1, -0.05) is 17.2 Å².